The highest BCUT2D eigenvalue weighted by molar-refractivity contribution is 5.56. The van der Waals surface area contributed by atoms with Gasteiger partial charge in [0.25, 0.3) is 5.89 Å². The topological polar surface area (TPSA) is 56.7 Å². The quantitative estimate of drug-likeness (QED) is 0.671. The highest BCUT2D eigenvalue weighted by atomic mass is 16.5. The van der Waals surface area contributed by atoms with Crippen LogP contribution in [0.1, 0.15) is 0 Å². The maximum atomic E-state index is 5.23. The molecule has 0 amide bonds. The van der Waals surface area contributed by atoms with E-state index in [1.165, 1.54) is 0 Å². The summed E-state index contributed by atoms with van der Waals surface area (Å²) in [5, 5.41) is 3.94. The first kappa shape index (κ1) is 9.77. The van der Waals surface area contributed by atoms with E-state index in [0.29, 0.717) is 11.7 Å². The molecule has 0 unspecified atom stereocenters. The van der Waals surface area contributed by atoms with Crippen LogP contribution in [0, 0.1) is 0 Å². The lowest BCUT2D eigenvalue weighted by Crippen LogP contribution is -1.89. The summed E-state index contributed by atoms with van der Waals surface area (Å²) in [6.07, 6.45) is 5.35. The fraction of sp³-hybridized carbons (Fsp3) is 0.0833. The first-order valence-electron chi connectivity index (χ1n) is 5.20. The summed E-state index contributed by atoms with van der Waals surface area (Å²) < 4.78 is 7.17. The van der Waals surface area contributed by atoms with Crippen molar-refractivity contribution in [2.24, 2.45) is 7.05 Å². The maximum Gasteiger partial charge on any atom is 0.274 e. The first-order chi connectivity index (χ1) is 8.34. The summed E-state index contributed by atoms with van der Waals surface area (Å²) in [5.74, 6) is 1.06. The van der Waals surface area contributed by atoms with Gasteiger partial charge in [0.1, 0.15) is 5.69 Å². The molecule has 0 aromatic carbocycles. The van der Waals surface area contributed by atoms with Crippen LogP contribution in [-0.2, 0) is 7.05 Å². The number of hydrogen-bond acceptors (Lipinski definition) is 4. The molecule has 0 aliphatic rings. The number of aromatic nitrogens is 4. The zero-order valence-electron chi connectivity index (χ0n) is 9.24. The number of pyridine rings is 1. The summed E-state index contributed by atoms with van der Waals surface area (Å²) in [5.41, 5.74) is 1.74. The first-order valence-corrected chi connectivity index (χ1v) is 5.20. The van der Waals surface area contributed by atoms with E-state index in [-0.39, 0.29) is 0 Å². The normalized spacial score (nSPS) is 10.6. The predicted molar refractivity (Wildman–Crippen MR) is 61.9 cm³/mol. The summed E-state index contributed by atoms with van der Waals surface area (Å²) in [6, 6.07) is 7.60. The molecule has 5 nitrogen and oxygen atoms in total. The molecule has 0 bridgehead atoms. The van der Waals surface area contributed by atoms with Gasteiger partial charge in [-0.1, -0.05) is 5.16 Å². The predicted octanol–water partition coefficient (Wildman–Crippen LogP) is 2.14. The Morgan fingerprint density at radius 2 is 2.18 bits per heavy atom. The lowest BCUT2D eigenvalue weighted by atomic mass is 10.3. The van der Waals surface area contributed by atoms with Crippen molar-refractivity contribution in [1.29, 1.82) is 0 Å². The van der Waals surface area contributed by atoms with Gasteiger partial charge in [0.05, 0.1) is 0 Å². The molecule has 0 spiro atoms. The van der Waals surface area contributed by atoms with Gasteiger partial charge in [-0.3, -0.25) is 4.98 Å². The lowest BCUT2D eigenvalue weighted by Gasteiger charge is -1.94. The van der Waals surface area contributed by atoms with Crippen molar-refractivity contribution < 1.29 is 4.52 Å². The van der Waals surface area contributed by atoms with Crippen LogP contribution in [0.5, 0.6) is 0 Å². The highest BCUT2D eigenvalue weighted by Crippen LogP contribution is 2.21. The molecule has 0 atom stereocenters. The Bertz CT molecular complexity index is 627. The van der Waals surface area contributed by atoms with Crippen LogP contribution < -0.4 is 0 Å². The lowest BCUT2D eigenvalue weighted by molar-refractivity contribution is 0.429. The number of hydrogen-bond donors (Lipinski definition) is 0. The zero-order chi connectivity index (χ0) is 11.7. The maximum absolute atomic E-state index is 5.23. The van der Waals surface area contributed by atoms with Crippen molar-refractivity contribution in [3.05, 3.63) is 42.9 Å². The van der Waals surface area contributed by atoms with Crippen LogP contribution in [0.4, 0.5) is 0 Å². The van der Waals surface area contributed by atoms with E-state index < -0.39 is 0 Å². The molecule has 0 saturated heterocycles. The van der Waals surface area contributed by atoms with Crippen molar-refractivity contribution in [1.82, 2.24) is 19.7 Å². The summed E-state index contributed by atoms with van der Waals surface area (Å²) >= 11 is 0. The Morgan fingerprint density at radius 3 is 2.88 bits per heavy atom. The Balaban J connectivity index is 2.02. The van der Waals surface area contributed by atoms with Crippen LogP contribution >= 0.6 is 0 Å². The van der Waals surface area contributed by atoms with E-state index in [1.54, 1.807) is 12.4 Å². The van der Waals surface area contributed by atoms with Crippen molar-refractivity contribution in [3.8, 4) is 23.0 Å². The summed E-state index contributed by atoms with van der Waals surface area (Å²) in [7, 11) is 1.93. The second-order valence-corrected chi connectivity index (χ2v) is 3.67. The van der Waals surface area contributed by atoms with Gasteiger partial charge in [0, 0.05) is 31.2 Å². The van der Waals surface area contributed by atoms with Gasteiger partial charge < -0.3 is 9.09 Å². The van der Waals surface area contributed by atoms with Gasteiger partial charge >= 0.3 is 0 Å². The van der Waals surface area contributed by atoms with Gasteiger partial charge in [0.2, 0.25) is 5.82 Å². The fourth-order valence-electron chi connectivity index (χ4n) is 1.62. The van der Waals surface area contributed by atoms with Gasteiger partial charge in [-0.15, -0.1) is 0 Å². The fourth-order valence-corrected chi connectivity index (χ4v) is 1.62. The average Bonchev–Trinajstić information content (AvgIpc) is 2.98. The Hall–Kier alpha value is -2.43. The standard InChI is InChI=1S/C12H10N4O/c1-16-7-3-5-10(16)12-14-11(15-17-12)9-4-2-6-13-8-9/h2-8H,1H3. The molecular formula is C12H10N4O. The third kappa shape index (κ3) is 1.71. The number of aryl methyl sites for hydroxylation is 1. The zero-order valence-corrected chi connectivity index (χ0v) is 9.24. The molecule has 0 aliphatic heterocycles. The average molecular weight is 226 g/mol. The molecule has 0 N–H and O–H groups in total. The molecular weight excluding hydrogens is 216 g/mol. The molecule has 5 heteroatoms. The molecule has 0 saturated carbocycles. The van der Waals surface area contributed by atoms with Gasteiger partial charge in [-0.05, 0) is 24.3 Å². The Kier molecular flexibility index (Phi) is 2.22. The Labute approximate surface area is 97.7 Å². The minimum Gasteiger partial charge on any atom is -0.347 e. The largest absolute Gasteiger partial charge is 0.347 e. The molecule has 3 aromatic heterocycles. The SMILES string of the molecule is Cn1cccc1-c1nc(-c2cccnc2)no1. The summed E-state index contributed by atoms with van der Waals surface area (Å²) in [4.78, 5) is 8.37. The van der Waals surface area contributed by atoms with E-state index in [9.17, 15) is 0 Å². The monoisotopic (exact) mass is 226 g/mol. The Morgan fingerprint density at radius 1 is 1.24 bits per heavy atom. The third-order valence-corrected chi connectivity index (χ3v) is 2.51. The van der Waals surface area contributed by atoms with E-state index in [0.717, 1.165) is 11.3 Å². The van der Waals surface area contributed by atoms with E-state index >= 15 is 0 Å². The molecule has 3 aromatic rings. The molecule has 3 heterocycles. The molecule has 84 valence electrons. The third-order valence-electron chi connectivity index (χ3n) is 2.51. The molecule has 0 fully saturated rings. The molecule has 0 aliphatic carbocycles. The van der Waals surface area contributed by atoms with Crippen molar-refractivity contribution in [2.75, 3.05) is 0 Å². The minimum atomic E-state index is 0.511. The van der Waals surface area contributed by atoms with Crippen LogP contribution in [0.15, 0.2) is 47.4 Å². The van der Waals surface area contributed by atoms with Crippen LogP contribution in [0.2, 0.25) is 0 Å². The minimum absolute atomic E-state index is 0.511. The number of nitrogens with zero attached hydrogens (tertiary/aromatic N) is 4. The van der Waals surface area contributed by atoms with E-state index in [1.807, 2.05) is 42.1 Å². The van der Waals surface area contributed by atoms with E-state index in [2.05, 4.69) is 15.1 Å². The van der Waals surface area contributed by atoms with Crippen molar-refractivity contribution in [3.63, 3.8) is 0 Å². The van der Waals surface area contributed by atoms with Gasteiger partial charge in [0.15, 0.2) is 0 Å². The second-order valence-electron chi connectivity index (χ2n) is 3.67. The van der Waals surface area contributed by atoms with Crippen LogP contribution in [-0.4, -0.2) is 19.7 Å². The highest BCUT2D eigenvalue weighted by Gasteiger charge is 2.12. The molecule has 3 rings (SSSR count). The smallest absolute Gasteiger partial charge is 0.274 e. The molecule has 0 radical (unpaired) electrons. The van der Waals surface area contributed by atoms with Gasteiger partial charge in [-0.25, -0.2) is 0 Å². The molecule has 17 heavy (non-hydrogen) atoms. The second kappa shape index (κ2) is 3.86. The van der Waals surface area contributed by atoms with Gasteiger partial charge in [-0.2, -0.15) is 4.98 Å². The van der Waals surface area contributed by atoms with Crippen LogP contribution in [0.25, 0.3) is 23.0 Å². The van der Waals surface area contributed by atoms with Crippen LogP contribution in [0.3, 0.4) is 0 Å². The van der Waals surface area contributed by atoms with E-state index in [4.69, 9.17) is 4.52 Å². The summed E-state index contributed by atoms with van der Waals surface area (Å²) in [6.45, 7) is 0. The number of rotatable bonds is 2. The van der Waals surface area contributed by atoms with Crippen molar-refractivity contribution >= 4 is 0 Å². The van der Waals surface area contributed by atoms with Crippen molar-refractivity contribution in [2.45, 2.75) is 0 Å².